The molecule has 1 heterocycles. The first-order valence-electron chi connectivity index (χ1n) is 5.72. The lowest BCUT2D eigenvalue weighted by Crippen LogP contribution is -2.23. The van der Waals surface area contributed by atoms with Gasteiger partial charge < -0.3 is 10.2 Å². The van der Waals surface area contributed by atoms with Gasteiger partial charge in [-0.25, -0.2) is 0 Å². The predicted molar refractivity (Wildman–Crippen MR) is 76.7 cm³/mol. The molecule has 0 spiro atoms. The van der Waals surface area contributed by atoms with E-state index < -0.39 is 11.7 Å². The summed E-state index contributed by atoms with van der Waals surface area (Å²) in [6.45, 7) is 0. The number of hydrazone groups is 1. The molecule has 0 saturated heterocycles. The van der Waals surface area contributed by atoms with Gasteiger partial charge in [-0.2, -0.15) is 18.3 Å². The van der Waals surface area contributed by atoms with Crippen molar-refractivity contribution in [3.63, 3.8) is 0 Å². The molecule has 1 aromatic heterocycles. The zero-order chi connectivity index (χ0) is 15.5. The third kappa shape index (κ3) is 4.06. The van der Waals surface area contributed by atoms with Gasteiger partial charge in [0.05, 0.1) is 11.8 Å². The quantitative estimate of drug-likeness (QED) is 0.519. The summed E-state index contributed by atoms with van der Waals surface area (Å²) < 4.78 is 43.3. The second-order valence-electron chi connectivity index (χ2n) is 4.01. The van der Waals surface area contributed by atoms with Gasteiger partial charge in [0.1, 0.15) is 11.5 Å². The SMILES string of the molecule is NC(=S)NN=Cc1ccc(-c2cccc(C(F)(F)F)c2)o1. The Kier molecular flexibility index (Phi) is 4.27. The average Bonchev–Trinajstić information content (AvgIpc) is 2.86. The van der Waals surface area contributed by atoms with Crippen molar-refractivity contribution in [2.45, 2.75) is 6.18 Å². The Morgan fingerprint density at radius 2 is 2.05 bits per heavy atom. The van der Waals surface area contributed by atoms with Gasteiger partial charge in [-0.3, -0.25) is 5.43 Å². The summed E-state index contributed by atoms with van der Waals surface area (Å²) in [4.78, 5) is 0. The fourth-order valence-electron chi connectivity index (χ4n) is 1.59. The number of hydrogen-bond acceptors (Lipinski definition) is 3. The highest BCUT2D eigenvalue weighted by atomic mass is 32.1. The smallest absolute Gasteiger partial charge is 0.416 e. The van der Waals surface area contributed by atoms with Crippen LogP contribution in [-0.2, 0) is 6.18 Å². The van der Waals surface area contributed by atoms with Crippen LogP contribution in [0.15, 0.2) is 45.9 Å². The summed E-state index contributed by atoms with van der Waals surface area (Å²) in [6.07, 6.45) is -3.08. The van der Waals surface area contributed by atoms with E-state index in [0.29, 0.717) is 17.1 Å². The van der Waals surface area contributed by atoms with Crippen LogP contribution in [0.1, 0.15) is 11.3 Å². The molecular formula is C13H10F3N3OS. The number of thiocarbonyl (C=S) groups is 1. The lowest BCUT2D eigenvalue weighted by molar-refractivity contribution is -0.137. The molecule has 0 atom stereocenters. The van der Waals surface area contributed by atoms with Gasteiger partial charge in [0.2, 0.25) is 0 Å². The second kappa shape index (κ2) is 5.96. The van der Waals surface area contributed by atoms with Crippen molar-refractivity contribution in [2.24, 2.45) is 10.8 Å². The lowest BCUT2D eigenvalue weighted by Gasteiger charge is -2.07. The highest BCUT2D eigenvalue weighted by Gasteiger charge is 2.30. The Balaban J connectivity index is 2.22. The monoisotopic (exact) mass is 313 g/mol. The molecule has 0 saturated carbocycles. The Labute approximate surface area is 123 Å². The molecule has 0 aliphatic carbocycles. The largest absolute Gasteiger partial charge is 0.455 e. The molecule has 110 valence electrons. The van der Waals surface area contributed by atoms with Crippen LogP contribution in [0.3, 0.4) is 0 Å². The van der Waals surface area contributed by atoms with Crippen molar-refractivity contribution >= 4 is 23.5 Å². The predicted octanol–water partition coefficient (Wildman–Crippen LogP) is 3.13. The third-order valence-corrected chi connectivity index (χ3v) is 2.56. The van der Waals surface area contributed by atoms with Crippen LogP contribution in [0.25, 0.3) is 11.3 Å². The van der Waals surface area contributed by atoms with Crippen LogP contribution in [-0.4, -0.2) is 11.3 Å². The van der Waals surface area contributed by atoms with Gasteiger partial charge >= 0.3 is 6.18 Å². The molecule has 0 amide bonds. The van der Waals surface area contributed by atoms with Crippen LogP contribution in [0, 0.1) is 0 Å². The van der Waals surface area contributed by atoms with Crippen LogP contribution in [0.2, 0.25) is 0 Å². The summed E-state index contributed by atoms with van der Waals surface area (Å²) in [5, 5.41) is 3.69. The molecule has 21 heavy (non-hydrogen) atoms. The number of nitrogens with zero attached hydrogens (tertiary/aromatic N) is 1. The van der Waals surface area contributed by atoms with Gasteiger partial charge in [0.25, 0.3) is 0 Å². The van der Waals surface area contributed by atoms with E-state index in [1.807, 2.05) is 0 Å². The summed E-state index contributed by atoms with van der Waals surface area (Å²) in [6, 6.07) is 8.00. The van der Waals surface area contributed by atoms with Crippen LogP contribution in [0.4, 0.5) is 13.2 Å². The molecule has 0 radical (unpaired) electrons. The first kappa shape index (κ1) is 15.0. The Morgan fingerprint density at radius 1 is 1.29 bits per heavy atom. The Morgan fingerprint density at radius 3 is 2.71 bits per heavy atom. The van der Waals surface area contributed by atoms with Crippen LogP contribution in [0.5, 0.6) is 0 Å². The van der Waals surface area contributed by atoms with E-state index in [4.69, 9.17) is 10.2 Å². The Bertz CT molecular complexity index is 679. The number of nitrogens with one attached hydrogen (secondary N) is 1. The molecular weight excluding hydrogens is 303 g/mol. The van der Waals surface area contributed by atoms with Crippen molar-refractivity contribution in [1.29, 1.82) is 0 Å². The number of nitrogens with two attached hydrogens (primary N) is 1. The standard InChI is InChI=1S/C13H10F3N3OS/c14-13(15,16)9-3-1-2-8(6-9)11-5-4-10(20-11)7-18-19-12(17)21/h1-7H,(H3,17,19,21). The van der Waals surface area contributed by atoms with Gasteiger partial charge in [-0.05, 0) is 36.5 Å². The maximum atomic E-state index is 12.6. The maximum Gasteiger partial charge on any atom is 0.416 e. The van der Waals surface area contributed by atoms with Crippen molar-refractivity contribution in [3.05, 3.63) is 47.7 Å². The first-order chi connectivity index (χ1) is 9.86. The molecule has 0 bridgehead atoms. The molecule has 2 rings (SSSR count). The first-order valence-corrected chi connectivity index (χ1v) is 6.13. The summed E-state index contributed by atoms with van der Waals surface area (Å²) in [5.41, 5.74) is 7.11. The zero-order valence-corrected chi connectivity index (χ0v) is 11.3. The van der Waals surface area contributed by atoms with Gasteiger partial charge in [0, 0.05) is 5.56 Å². The van der Waals surface area contributed by atoms with E-state index in [2.05, 4.69) is 22.7 Å². The van der Waals surface area contributed by atoms with E-state index in [0.717, 1.165) is 12.1 Å². The van der Waals surface area contributed by atoms with Crippen molar-refractivity contribution in [1.82, 2.24) is 5.43 Å². The highest BCUT2D eigenvalue weighted by Crippen LogP contribution is 2.32. The molecule has 0 aliphatic rings. The molecule has 2 aromatic rings. The molecule has 1 aromatic carbocycles. The molecule has 0 unspecified atom stereocenters. The molecule has 3 N–H and O–H groups in total. The molecule has 0 aliphatic heterocycles. The fourth-order valence-corrected chi connectivity index (χ4v) is 1.64. The third-order valence-electron chi connectivity index (χ3n) is 2.47. The van der Waals surface area contributed by atoms with Crippen molar-refractivity contribution < 1.29 is 17.6 Å². The van der Waals surface area contributed by atoms with Gasteiger partial charge in [0.15, 0.2) is 5.11 Å². The summed E-state index contributed by atoms with van der Waals surface area (Å²) in [5.74, 6) is 0.657. The molecule has 8 heteroatoms. The van der Waals surface area contributed by atoms with E-state index >= 15 is 0 Å². The van der Waals surface area contributed by atoms with E-state index in [1.54, 1.807) is 12.1 Å². The molecule has 0 fully saturated rings. The van der Waals surface area contributed by atoms with E-state index in [-0.39, 0.29) is 5.11 Å². The van der Waals surface area contributed by atoms with Crippen LogP contribution >= 0.6 is 12.2 Å². The minimum absolute atomic E-state index is 0.00379. The zero-order valence-electron chi connectivity index (χ0n) is 10.5. The topological polar surface area (TPSA) is 63.5 Å². The minimum atomic E-state index is -4.40. The van der Waals surface area contributed by atoms with E-state index in [9.17, 15) is 13.2 Å². The number of benzene rings is 1. The number of halogens is 3. The van der Waals surface area contributed by atoms with E-state index in [1.165, 1.54) is 18.3 Å². The van der Waals surface area contributed by atoms with Crippen molar-refractivity contribution in [3.8, 4) is 11.3 Å². The van der Waals surface area contributed by atoms with Crippen molar-refractivity contribution in [2.75, 3.05) is 0 Å². The molecule has 4 nitrogen and oxygen atoms in total. The normalized spacial score (nSPS) is 11.8. The second-order valence-corrected chi connectivity index (χ2v) is 4.45. The summed E-state index contributed by atoms with van der Waals surface area (Å²) in [7, 11) is 0. The fraction of sp³-hybridized carbons (Fsp3) is 0.0769. The number of furan rings is 1. The maximum absolute atomic E-state index is 12.6. The number of hydrogen-bond donors (Lipinski definition) is 2. The average molecular weight is 313 g/mol. The minimum Gasteiger partial charge on any atom is -0.455 e. The highest BCUT2D eigenvalue weighted by molar-refractivity contribution is 7.80. The van der Waals surface area contributed by atoms with Crippen LogP contribution < -0.4 is 11.2 Å². The Hall–Kier alpha value is -2.35. The summed E-state index contributed by atoms with van der Waals surface area (Å²) >= 11 is 4.56. The number of alkyl halides is 3. The van der Waals surface area contributed by atoms with Gasteiger partial charge in [-0.15, -0.1) is 0 Å². The number of rotatable bonds is 3. The lowest BCUT2D eigenvalue weighted by atomic mass is 10.1. The van der Waals surface area contributed by atoms with Gasteiger partial charge in [-0.1, -0.05) is 12.1 Å².